The summed E-state index contributed by atoms with van der Waals surface area (Å²) in [7, 11) is 0. The molecular formula is C21H29NO3S. The maximum Gasteiger partial charge on any atom is 0.345 e. The fourth-order valence-electron chi connectivity index (χ4n) is 3.16. The first-order valence-electron chi connectivity index (χ1n) is 9.47. The molecule has 0 bridgehead atoms. The maximum atomic E-state index is 12.2. The topological polar surface area (TPSA) is 57.6 Å². The van der Waals surface area contributed by atoms with Gasteiger partial charge in [-0.15, -0.1) is 11.3 Å². The predicted molar refractivity (Wildman–Crippen MR) is 107 cm³/mol. The van der Waals surface area contributed by atoms with Gasteiger partial charge in [0.2, 0.25) is 5.91 Å². The molecule has 1 aliphatic rings. The molecule has 4 nitrogen and oxygen atoms in total. The Morgan fingerprint density at radius 1 is 1.38 bits per heavy atom. The number of carboxylic acid groups (broad SMARTS) is 1. The van der Waals surface area contributed by atoms with Crippen molar-refractivity contribution in [2.45, 2.75) is 64.8 Å². The largest absolute Gasteiger partial charge is 0.477 e. The van der Waals surface area contributed by atoms with Crippen LogP contribution >= 0.6 is 11.3 Å². The first-order valence-corrected chi connectivity index (χ1v) is 10.3. The molecule has 0 aromatic carbocycles. The van der Waals surface area contributed by atoms with E-state index >= 15 is 0 Å². The van der Waals surface area contributed by atoms with Crippen LogP contribution in [0, 0.1) is 0 Å². The van der Waals surface area contributed by atoms with Crippen LogP contribution in [0.25, 0.3) is 0 Å². The van der Waals surface area contributed by atoms with Crippen LogP contribution in [-0.2, 0) is 11.2 Å². The third-order valence-electron chi connectivity index (χ3n) is 4.67. The summed E-state index contributed by atoms with van der Waals surface area (Å²) in [6.07, 6.45) is 13.3. The monoisotopic (exact) mass is 375 g/mol. The van der Waals surface area contributed by atoms with Gasteiger partial charge in [-0.25, -0.2) is 4.79 Å². The molecule has 1 aromatic heterocycles. The smallest absolute Gasteiger partial charge is 0.345 e. The normalized spacial score (nSPS) is 18.2. The Bertz CT molecular complexity index is 675. The first kappa shape index (κ1) is 20.4. The minimum absolute atomic E-state index is 0.190. The molecule has 2 rings (SSSR count). The SMILES string of the molecule is CCCCC=C(C)C=C[C@H]1CCC(=O)N1CCCc1ccc(C(=O)O)s1. The Balaban J connectivity index is 1.84. The van der Waals surface area contributed by atoms with Gasteiger partial charge in [-0.3, -0.25) is 4.79 Å². The quantitative estimate of drug-likeness (QED) is 0.459. The molecule has 1 atom stereocenters. The van der Waals surface area contributed by atoms with Crippen LogP contribution in [0.3, 0.4) is 0 Å². The molecule has 1 aromatic rings. The lowest BCUT2D eigenvalue weighted by Gasteiger charge is -2.22. The molecule has 26 heavy (non-hydrogen) atoms. The number of hydrogen-bond acceptors (Lipinski definition) is 3. The number of likely N-dealkylation sites (tertiary alicyclic amines) is 1. The second-order valence-corrected chi connectivity index (χ2v) is 7.99. The van der Waals surface area contributed by atoms with Crippen molar-refractivity contribution in [1.29, 1.82) is 0 Å². The van der Waals surface area contributed by atoms with E-state index in [0.717, 1.165) is 37.1 Å². The number of thiophene rings is 1. The van der Waals surface area contributed by atoms with Crippen LogP contribution in [0.1, 0.15) is 66.9 Å². The summed E-state index contributed by atoms with van der Waals surface area (Å²) >= 11 is 1.32. The lowest BCUT2D eigenvalue weighted by atomic mass is 10.1. The van der Waals surface area contributed by atoms with Crippen LogP contribution in [-0.4, -0.2) is 34.5 Å². The standard InChI is InChI=1S/C21H29NO3S/c1-3-4-5-7-16(2)9-10-17-11-14-20(23)22(17)15-6-8-18-12-13-19(26-18)21(24)25/h7,9-10,12-13,17H,3-6,8,11,14-15H2,1-2H3,(H,24,25)/t17-/m0/s1. The number of nitrogens with zero attached hydrogens (tertiary/aromatic N) is 1. The zero-order valence-electron chi connectivity index (χ0n) is 15.7. The Kier molecular flexibility index (Phi) is 8.10. The molecule has 5 heteroatoms. The van der Waals surface area contributed by atoms with E-state index < -0.39 is 5.97 Å². The van der Waals surface area contributed by atoms with E-state index in [2.05, 4.69) is 32.1 Å². The average Bonchev–Trinajstić information content (AvgIpc) is 3.21. The van der Waals surface area contributed by atoms with E-state index in [1.54, 1.807) is 6.07 Å². The van der Waals surface area contributed by atoms with Crippen LogP contribution in [0.5, 0.6) is 0 Å². The summed E-state index contributed by atoms with van der Waals surface area (Å²) in [5.74, 6) is -0.645. The molecule has 1 aliphatic heterocycles. The van der Waals surface area contributed by atoms with E-state index in [9.17, 15) is 9.59 Å². The third-order valence-corrected chi connectivity index (χ3v) is 5.81. The molecule has 1 fully saturated rings. The average molecular weight is 376 g/mol. The fourth-order valence-corrected chi connectivity index (χ4v) is 4.05. The second kappa shape index (κ2) is 10.3. The minimum atomic E-state index is -0.872. The summed E-state index contributed by atoms with van der Waals surface area (Å²) < 4.78 is 0. The van der Waals surface area contributed by atoms with Crippen molar-refractivity contribution in [1.82, 2.24) is 4.90 Å². The van der Waals surface area contributed by atoms with Crippen molar-refractivity contribution < 1.29 is 14.7 Å². The minimum Gasteiger partial charge on any atom is -0.477 e. The van der Waals surface area contributed by atoms with Crippen LogP contribution in [0.4, 0.5) is 0 Å². The summed E-state index contributed by atoms with van der Waals surface area (Å²) in [6.45, 7) is 5.04. The van der Waals surface area contributed by atoms with Crippen molar-refractivity contribution >= 4 is 23.2 Å². The fraction of sp³-hybridized carbons (Fsp3) is 0.524. The number of aryl methyl sites for hydroxylation is 1. The summed E-state index contributed by atoms with van der Waals surface area (Å²) in [5, 5.41) is 8.98. The number of amides is 1. The second-order valence-electron chi connectivity index (χ2n) is 6.82. The van der Waals surface area contributed by atoms with Crippen molar-refractivity contribution in [3.63, 3.8) is 0 Å². The highest BCUT2D eigenvalue weighted by Gasteiger charge is 2.28. The molecular weight excluding hydrogens is 346 g/mol. The lowest BCUT2D eigenvalue weighted by Crippen LogP contribution is -2.32. The van der Waals surface area contributed by atoms with Crippen molar-refractivity contribution in [3.05, 3.63) is 45.7 Å². The Morgan fingerprint density at radius 3 is 2.88 bits per heavy atom. The van der Waals surface area contributed by atoms with Gasteiger partial charge in [0.25, 0.3) is 0 Å². The van der Waals surface area contributed by atoms with Gasteiger partial charge in [-0.2, -0.15) is 0 Å². The molecule has 0 spiro atoms. The van der Waals surface area contributed by atoms with Crippen molar-refractivity contribution in [3.8, 4) is 0 Å². The first-order chi connectivity index (χ1) is 12.5. The van der Waals surface area contributed by atoms with E-state index in [1.807, 2.05) is 11.0 Å². The molecule has 0 unspecified atom stereocenters. The zero-order valence-corrected chi connectivity index (χ0v) is 16.6. The van der Waals surface area contributed by atoms with Crippen LogP contribution < -0.4 is 0 Å². The van der Waals surface area contributed by atoms with Crippen molar-refractivity contribution in [2.24, 2.45) is 0 Å². The molecule has 1 saturated heterocycles. The maximum absolute atomic E-state index is 12.2. The molecule has 0 saturated carbocycles. The van der Waals surface area contributed by atoms with Gasteiger partial charge in [0, 0.05) is 17.8 Å². The molecule has 2 heterocycles. The van der Waals surface area contributed by atoms with Gasteiger partial charge in [0.1, 0.15) is 4.88 Å². The van der Waals surface area contributed by atoms with Crippen molar-refractivity contribution in [2.75, 3.05) is 6.54 Å². The van der Waals surface area contributed by atoms with Gasteiger partial charge in [0.15, 0.2) is 0 Å². The molecule has 142 valence electrons. The van der Waals surface area contributed by atoms with Gasteiger partial charge >= 0.3 is 5.97 Å². The third kappa shape index (κ3) is 6.13. The predicted octanol–water partition coefficient (Wildman–Crippen LogP) is 5.06. The number of rotatable bonds is 10. The molecule has 1 N–H and O–H groups in total. The Hall–Kier alpha value is -1.88. The lowest BCUT2D eigenvalue weighted by molar-refractivity contribution is -0.128. The number of unbranched alkanes of at least 4 members (excludes halogenated alkanes) is 2. The van der Waals surface area contributed by atoms with Gasteiger partial charge in [-0.05, 0) is 44.7 Å². The van der Waals surface area contributed by atoms with E-state index in [1.165, 1.54) is 29.8 Å². The van der Waals surface area contributed by atoms with Crippen LogP contribution in [0.2, 0.25) is 0 Å². The summed E-state index contributed by atoms with van der Waals surface area (Å²) in [5.41, 5.74) is 1.26. The van der Waals surface area contributed by atoms with Gasteiger partial charge in [0.05, 0.1) is 6.04 Å². The highest BCUT2D eigenvalue weighted by Crippen LogP contribution is 2.23. The number of hydrogen-bond donors (Lipinski definition) is 1. The van der Waals surface area contributed by atoms with Crippen LogP contribution in [0.15, 0.2) is 35.9 Å². The van der Waals surface area contributed by atoms with Gasteiger partial charge < -0.3 is 10.0 Å². The van der Waals surface area contributed by atoms with E-state index in [0.29, 0.717) is 11.3 Å². The Labute approximate surface area is 160 Å². The number of allylic oxidation sites excluding steroid dienone is 3. The molecule has 0 aliphatic carbocycles. The summed E-state index contributed by atoms with van der Waals surface area (Å²) in [6, 6.07) is 3.72. The van der Waals surface area contributed by atoms with E-state index in [-0.39, 0.29) is 11.9 Å². The molecule has 1 amide bonds. The highest BCUT2D eigenvalue weighted by atomic mass is 32.1. The Morgan fingerprint density at radius 2 is 2.19 bits per heavy atom. The number of aromatic carboxylic acids is 1. The number of carbonyl (C=O) groups is 2. The zero-order chi connectivity index (χ0) is 18.9. The highest BCUT2D eigenvalue weighted by molar-refractivity contribution is 7.13. The van der Waals surface area contributed by atoms with Gasteiger partial charge in [-0.1, -0.05) is 43.6 Å². The number of carboxylic acids is 1. The summed E-state index contributed by atoms with van der Waals surface area (Å²) in [4.78, 5) is 26.5. The number of carbonyl (C=O) groups excluding carboxylic acids is 1. The van der Waals surface area contributed by atoms with E-state index in [4.69, 9.17) is 5.11 Å². The molecule has 0 radical (unpaired) electrons.